The van der Waals surface area contributed by atoms with Crippen molar-refractivity contribution >= 4 is 17.5 Å². The summed E-state index contributed by atoms with van der Waals surface area (Å²) in [5.41, 5.74) is 0.964. The summed E-state index contributed by atoms with van der Waals surface area (Å²) in [5, 5.41) is 18.0. The zero-order chi connectivity index (χ0) is 18.2. The van der Waals surface area contributed by atoms with Gasteiger partial charge in [-0.3, -0.25) is 9.59 Å². The smallest absolute Gasteiger partial charge is 0.312 e. The van der Waals surface area contributed by atoms with Gasteiger partial charge in [-0.25, -0.2) is 0 Å². The first-order valence-corrected chi connectivity index (χ1v) is 8.30. The lowest BCUT2D eigenvalue weighted by molar-refractivity contribution is -0.152. The van der Waals surface area contributed by atoms with Gasteiger partial charge in [0.05, 0.1) is 26.0 Å². The van der Waals surface area contributed by atoms with E-state index >= 15 is 0 Å². The summed E-state index contributed by atoms with van der Waals surface area (Å²) in [6.07, 6.45) is 0. The van der Waals surface area contributed by atoms with Gasteiger partial charge in [0.1, 0.15) is 5.75 Å². The second-order valence-electron chi connectivity index (χ2n) is 5.69. The number of amides is 2. The van der Waals surface area contributed by atoms with Crippen LogP contribution in [0.2, 0.25) is 0 Å². The molecule has 0 unspecified atom stereocenters. The van der Waals surface area contributed by atoms with Gasteiger partial charge in [0.15, 0.2) is 0 Å². The largest absolute Gasteiger partial charge is 0.495 e. The average Bonchev–Trinajstić information content (AvgIpc) is 2.66. The number of para-hydroxylation sites is 2. The number of aliphatic hydroxyl groups is 2. The number of nitrogens with zero attached hydrogens (tertiary/aromatic N) is 3. The van der Waals surface area contributed by atoms with E-state index in [4.69, 9.17) is 14.9 Å². The van der Waals surface area contributed by atoms with Gasteiger partial charge in [-0.05, 0) is 12.1 Å². The lowest BCUT2D eigenvalue weighted by Crippen LogP contribution is -2.54. The molecular weight excluding hydrogens is 326 g/mol. The Morgan fingerprint density at radius 1 is 1.08 bits per heavy atom. The molecule has 2 N–H and O–H groups in total. The SMILES string of the molecule is COc1ccccc1N1CCN(C(=O)C(=O)N(CCO)CCO)CC1. The number of carbonyl (C=O) groups is 2. The van der Waals surface area contributed by atoms with Crippen molar-refractivity contribution in [3.63, 3.8) is 0 Å². The van der Waals surface area contributed by atoms with E-state index in [9.17, 15) is 9.59 Å². The maximum absolute atomic E-state index is 12.4. The summed E-state index contributed by atoms with van der Waals surface area (Å²) in [6, 6.07) is 7.68. The minimum atomic E-state index is -0.686. The molecule has 1 aliphatic rings. The molecule has 0 aliphatic carbocycles. The first-order chi connectivity index (χ1) is 12.1. The van der Waals surface area contributed by atoms with E-state index in [0.717, 1.165) is 11.4 Å². The minimum absolute atomic E-state index is 0.0340. The van der Waals surface area contributed by atoms with Crippen LogP contribution in [-0.4, -0.2) is 91.4 Å². The summed E-state index contributed by atoms with van der Waals surface area (Å²) >= 11 is 0. The third kappa shape index (κ3) is 4.61. The van der Waals surface area contributed by atoms with Gasteiger partial charge >= 0.3 is 11.8 Å². The van der Waals surface area contributed by atoms with Crippen molar-refractivity contribution in [2.24, 2.45) is 0 Å². The molecule has 138 valence electrons. The van der Waals surface area contributed by atoms with Gasteiger partial charge in [0.2, 0.25) is 0 Å². The molecule has 25 heavy (non-hydrogen) atoms. The molecule has 0 atom stereocenters. The number of methoxy groups -OCH3 is 1. The second-order valence-corrected chi connectivity index (χ2v) is 5.69. The monoisotopic (exact) mass is 351 g/mol. The lowest BCUT2D eigenvalue weighted by Gasteiger charge is -2.37. The highest BCUT2D eigenvalue weighted by Crippen LogP contribution is 2.28. The van der Waals surface area contributed by atoms with Crippen molar-refractivity contribution in [1.29, 1.82) is 0 Å². The van der Waals surface area contributed by atoms with Crippen LogP contribution in [0.5, 0.6) is 5.75 Å². The molecule has 0 spiro atoms. The van der Waals surface area contributed by atoms with E-state index in [1.807, 2.05) is 24.3 Å². The highest BCUT2D eigenvalue weighted by molar-refractivity contribution is 6.34. The van der Waals surface area contributed by atoms with E-state index in [0.29, 0.717) is 26.2 Å². The third-order valence-electron chi connectivity index (χ3n) is 4.20. The number of benzene rings is 1. The maximum Gasteiger partial charge on any atom is 0.312 e. The number of rotatable bonds is 6. The quantitative estimate of drug-likeness (QED) is 0.649. The molecule has 1 aromatic carbocycles. The maximum atomic E-state index is 12.4. The molecule has 0 saturated carbocycles. The number of hydrogen-bond acceptors (Lipinski definition) is 6. The number of carbonyl (C=O) groups excluding carboxylic acids is 2. The van der Waals surface area contributed by atoms with Crippen molar-refractivity contribution in [2.45, 2.75) is 0 Å². The van der Waals surface area contributed by atoms with E-state index in [1.165, 1.54) is 9.80 Å². The molecule has 8 nitrogen and oxygen atoms in total. The normalized spacial score (nSPS) is 14.4. The fourth-order valence-electron chi connectivity index (χ4n) is 2.87. The molecule has 2 amide bonds. The Kier molecular flexibility index (Phi) is 7.03. The minimum Gasteiger partial charge on any atom is -0.495 e. The first kappa shape index (κ1) is 19.0. The Labute approximate surface area is 147 Å². The topological polar surface area (TPSA) is 93.6 Å². The predicted molar refractivity (Wildman–Crippen MR) is 92.5 cm³/mol. The Morgan fingerprint density at radius 3 is 2.24 bits per heavy atom. The number of hydrogen-bond donors (Lipinski definition) is 2. The summed E-state index contributed by atoms with van der Waals surface area (Å²) in [6.45, 7) is 1.61. The van der Waals surface area contributed by atoms with E-state index < -0.39 is 11.8 Å². The van der Waals surface area contributed by atoms with E-state index in [-0.39, 0.29) is 26.3 Å². The predicted octanol–water partition coefficient (Wildman–Crippen LogP) is -0.843. The highest BCUT2D eigenvalue weighted by atomic mass is 16.5. The molecule has 0 radical (unpaired) electrons. The fraction of sp³-hybridized carbons (Fsp3) is 0.529. The van der Waals surface area contributed by atoms with Crippen LogP contribution in [0.4, 0.5) is 5.69 Å². The molecule has 1 saturated heterocycles. The van der Waals surface area contributed by atoms with Crippen molar-refractivity contribution in [3.05, 3.63) is 24.3 Å². The number of piperazine rings is 1. The molecule has 1 fully saturated rings. The lowest BCUT2D eigenvalue weighted by atomic mass is 10.2. The number of anilines is 1. The number of aliphatic hydroxyl groups excluding tert-OH is 2. The van der Waals surface area contributed by atoms with Crippen molar-refractivity contribution in [2.75, 3.05) is 64.5 Å². The first-order valence-electron chi connectivity index (χ1n) is 8.30. The molecule has 0 bridgehead atoms. The number of ether oxygens (including phenoxy) is 1. The van der Waals surface area contributed by atoms with Gasteiger partial charge in [0.25, 0.3) is 0 Å². The molecule has 2 rings (SSSR count). The van der Waals surface area contributed by atoms with Gasteiger partial charge in [-0.15, -0.1) is 0 Å². The van der Waals surface area contributed by atoms with Crippen molar-refractivity contribution < 1.29 is 24.5 Å². The Morgan fingerprint density at radius 2 is 1.68 bits per heavy atom. The van der Waals surface area contributed by atoms with Crippen LogP contribution in [0.1, 0.15) is 0 Å². The standard InChI is InChI=1S/C17H25N3O5/c1-25-15-5-3-2-4-14(15)18-6-8-19(9-7-18)16(23)17(24)20(10-12-21)11-13-22/h2-5,21-22H,6-13H2,1H3. The van der Waals surface area contributed by atoms with Crippen molar-refractivity contribution in [1.82, 2.24) is 9.80 Å². The molecule has 8 heteroatoms. The summed E-state index contributed by atoms with van der Waals surface area (Å²) in [4.78, 5) is 29.4. The fourth-order valence-corrected chi connectivity index (χ4v) is 2.87. The van der Waals surface area contributed by atoms with Crippen LogP contribution in [0, 0.1) is 0 Å². The zero-order valence-corrected chi connectivity index (χ0v) is 14.4. The average molecular weight is 351 g/mol. The summed E-state index contributed by atoms with van der Waals surface area (Å²) in [5.74, 6) is -0.508. The van der Waals surface area contributed by atoms with Crippen LogP contribution in [-0.2, 0) is 9.59 Å². The molecule has 1 heterocycles. The zero-order valence-electron chi connectivity index (χ0n) is 14.4. The molecule has 1 aromatic rings. The van der Waals surface area contributed by atoms with Gasteiger partial charge in [-0.1, -0.05) is 12.1 Å². The van der Waals surface area contributed by atoms with Crippen molar-refractivity contribution in [3.8, 4) is 5.75 Å². The van der Waals surface area contributed by atoms with Gasteiger partial charge < -0.3 is 29.6 Å². The van der Waals surface area contributed by atoms with Gasteiger partial charge in [-0.2, -0.15) is 0 Å². The molecule has 0 aromatic heterocycles. The highest BCUT2D eigenvalue weighted by Gasteiger charge is 2.29. The van der Waals surface area contributed by atoms with Crippen LogP contribution in [0.15, 0.2) is 24.3 Å². The van der Waals surface area contributed by atoms with Gasteiger partial charge in [0, 0.05) is 39.3 Å². The van der Waals surface area contributed by atoms with E-state index in [2.05, 4.69) is 4.90 Å². The third-order valence-corrected chi connectivity index (χ3v) is 4.20. The summed E-state index contributed by atoms with van der Waals surface area (Å²) in [7, 11) is 1.62. The van der Waals surface area contributed by atoms with Crippen LogP contribution in [0.3, 0.4) is 0 Å². The second kappa shape index (κ2) is 9.24. The van der Waals surface area contributed by atoms with Crippen LogP contribution >= 0.6 is 0 Å². The van der Waals surface area contributed by atoms with E-state index in [1.54, 1.807) is 7.11 Å². The van der Waals surface area contributed by atoms with Crippen LogP contribution in [0.25, 0.3) is 0 Å². The van der Waals surface area contributed by atoms with Crippen LogP contribution < -0.4 is 9.64 Å². The Bertz CT molecular complexity index is 581. The Balaban J connectivity index is 1.96. The molecular formula is C17H25N3O5. The molecule has 1 aliphatic heterocycles. The Hall–Kier alpha value is -2.32. The summed E-state index contributed by atoms with van der Waals surface area (Å²) < 4.78 is 5.37.